The molecule has 2 heterocycles. The number of rotatable bonds is 4. The first-order valence-corrected chi connectivity index (χ1v) is 10.5. The average molecular weight is 389 g/mol. The number of hydrogen-bond acceptors (Lipinski definition) is 5. The highest BCUT2D eigenvalue weighted by Gasteiger charge is 2.31. The molecule has 2 aliphatic heterocycles. The minimum atomic E-state index is -3.60. The van der Waals surface area contributed by atoms with Crippen molar-refractivity contribution in [1.29, 1.82) is 0 Å². The quantitative estimate of drug-likeness (QED) is 0.804. The molecule has 0 spiro atoms. The Bertz CT molecular complexity index is 1000. The standard InChI is InChI=1S/C20H23NO5S/c1-4-24-17-7-14(3)20(8-13(17)2)27(22,23)21-6-5-15-9-18-19(26-12-25-18)10-16(15)11-21/h7-10H,4-6,11-12H2,1-3H3. The second kappa shape index (κ2) is 6.73. The lowest BCUT2D eigenvalue weighted by Crippen LogP contribution is -2.36. The lowest BCUT2D eigenvalue weighted by molar-refractivity contribution is 0.174. The molecule has 0 aliphatic carbocycles. The van der Waals surface area contributed by atoms with E-state index in [0.29, 0.717) is 42.3 Å². The summed E-state index contributed by atoms with van der Waals surface area (Å²) in [7, 11) is -3.60. The maximum Gasteiger partial charge on any atom is 0.243 e. The van der Waals surface area contributed by atoms with Gasteiger partial charge in [0.15, 0.2) is 11.5 Å². The van der Waals surface area contributed by atoms with E-state index >= 15 is 0 Å². The first-order valence-electron chi connectivity index (χ1n) is 9.05. The monoisotopic (exact) mass is 389 g/mol. The molecule has 0 atom stereocenters. The fraction of sp³-hybridized carbons (Fsp3) is 0.400. The topological polar surface area (TPSA) is 65.1 Å². The number of benzene rings is 2. The van der Waals surface area contributed by atoms with Crippen molar-refractivity contribution in [2.45, 2.75) is 38.6 Å². The largest absolute Gasteiger partial charge is 0.494 e. The van der Waals surface area contributed by atoms with Crippen LogP contribution in [-0.2, 0) is 23.0 Å². The van der Waals surface area contributed by atoms with Gasteiger partial charge < -0.3 is 14.2 Å². The summed E-state index contributed by atoms with van der Waals surface area (Å²) >= 11 is 0. The van der Waals surface area contributed by atoms with E-state index in [1.165, 1.54) is 0 Å². The minimum absolute atomic E-state index is 0.213. The van der Waals surface area contributed by atoms with Crippen molar-refractivity contribution in [2.24, 2.45) is 0 Å². The zero-order chi connectivity index (χ0) is 19.2. The van der Waals surface area contributed by atoms with Gasteiger partial charge in [-0.3, -0.25) is 0 Å². The predicted molar refractivity (Wildman–Crippen MR) is 101 cm³/mol. The van der Waals surface area contributed by atoms with Crippen molar-refractivity contribution in [3.63, 3.8) is 0 Å². The van der Waals surface area contributed by atoms with E-state index in [4.69, 9.17) is 14.2 Å². The molecule has 0 saturated heterocycles. The third-order valence-corrected chi connectivity index (χ3v) is 7.05. The summed E-state index contributed by atoms with van der Waals surface area (Å²) < 4.78 is 44.6. The molecular formula is C20H23NO5S. The highest BCUT2D eigenvalue weighted by Crippen LogP contribution is 2.38. The molecule has 0 aromatic heterocycles. The molecule has 0 radical (unpaired) electrons. The van der Waals surface area contributed by atoms with Crippen molar-refractivity contribution < 1.29 is 22.6 Å². The van der Waals surface area contributed by atoms with Crippen LogP contribution < -0.4 is 14.2 Å². The molecular weight excluding hydrogens is 366 g/mol. The maximum absolute atomic E-state index is 13.3. The van der Waals surface area contributed by atoms with Crippen LogP contribution in [0.4, 0.5) is 0 Å². The molecule has 2 aliphatic rings. The molecule has 6 nitrogen and oxygen atoms in total. The lowest BCUT2D eigenvalue weighted by atomic mass is 10.0. The molecule has 0 saturated carbocycles. The summed E-state index contributed by atoms with van der Waals surface area (Å²) in [5, 5.41) is 0. The number of ether oxygens (including phenoxy) is 3. The van der Waals surface area contributed by atoms with Crippen LogP contribution in [0.2, 0.25) is 0 Å². The fourth-order valence-corrected chi connectivity index (χ4v) is 5.33. The van der Waals surface area contributed by atoms with Crippen molar-refractivity contribution in [3.8, 4) is 17.2 Å². The molecule has 27 heavy (non-hydrogen) atoms. The second-order valence-electron chi connectivity index (χ2n) is 6.88. The summed E-state index contributed by atoms with van der Waals surface area (Å²) in [5.74, 6) is 2.15. The molecule has 0 fully saturated rings. The highest BCUT2D eigenvalue weighted by molar-refractivity contribution is 7.89. The highest BCUT2D eigenvalue weighted by atomic mass is 32.2. The van der Waals surface area contributed by atoms with E-state index in [2.05, 4.69) is 0 Å². The minimum Gasteiger partial charge on any atom is -0.494 e. The predicted octanol–water partition coefficient (Wildman–Crippen LogP) is 3.18. The number of sulfonamides is 1. The van der Waals surface area contributed by atoms with E-state index in [1.807, 2.05) is 39.0 Å². The van der Waals surface area contributed by atoms with Gasteiger partial charge in [0.2, 0.25) is 16.8 Å². The van der Waals surface area contributed by atoms with Gasteiger partial charge in [-0.1, -0.05) is 0 Å². The molecule has 0 amide bonds. The zero-order valence-corrected chi connectivity index (χ0v) is 16.6. The van der Waals surface area contributed by atoms with Crippen molar-refractivity contribution in [2.75, 3.05) is 19.9 Å². The molecule has 2 aromatic rings. The fourth-order valence-electron chi connectivity index (χ4n) is 3.62. The Morgan fingerprint density at radius 1 is 1.04 bits per heavy atom. The smallest absolute Gasteiger partial charge is 0.243 e. The first kappa shape index (κ1) is 18.1. The summed E-state index contributed by atoms with van der Waals surface area (Å²) in [4.78, 5) is 0.340. The molecule has 4 rings (SSSR count). The van der Waals surface area contributed by atoms with Gasteiger partial charge in [0.1, 0.15) is 5.75 Å². The number of hydrogen-bond donors (Lipinski definition) is 0. The molecule has 0 bridgehead atoms. The number of fused-ring (bicyclic) bond motifs is 2. The Balaban J connectivity index is 1.66. The van der Waals surface area contributed by atoms with E-state index in [9.17, 15) is 8.42 Å². The van der Waals surface area contributed by atoms with Gasteiger partial charge in [-0.15, -0.1) is 0 Å². The van der Waals surface area contributed by atoms with Gasteiger partial charge in [-0.05, 0) is 73.7 Å². The normalized spacial score (nSPS) is 16.3. The zero-order valence-electron chi connectivity index (χ0n) is 15.7. The van der Waals surface area contributed by atoms with E-state index < -0.39 is 10.0 Å². The summed E-state index contributed by atoms with van der Waals surface area (Å²) in [6.07, 6.45) is 0.653. The van der Waals surface area contributed by atoms with Crippen LogP contribution >= 0.6 is 0 Å². The Labute approximate surface area is 159 Å². The second-order valence-corrected chi connectivity index (χ2v) is 8.79. The number of nitrogens with zero attached hydrogens (tertiary/aromatic N) is 1. The number of aryl methyl sites for hydroxylation is 2. The van der Waals surface area contributed by atoms with Crippen molar-refractivity contribution in [1.82, 2.24) is 4.31 Å². The Morgan fingerprint density at radius 2 is 1.74 bits per heavy atom. The van der Waals surface area contributed by atoms with Gasteiger partial charge >= 0.3 is 0 Å². The molecule has 2 aromatic carbocycles. The van der Waals surface area contributed by atoms with Gasteiger partial charge in [0, 0.05) is 13.1 Å². The SMILES string of the molecule is CCOc1cc(C)c(S(=O)(=O)N2CCc3cc4c(cc3C2)OCO4)cc1C. The van der Waals surface area contributed by atoms with Crippen LogP contribution in [0, 0.1) is 13.8 Å². The van der Waals surface area contributed by atoms with Crippen LogP contribution in [0.25, 0.3) is 0 Å². The third kappa shape index (κ3) is 3.15. The van der Waals surface area contributed by atoms with Crippen LogP contribution in [0.3, 0.4) is 0 Å². The summed E-state index contributed by atoms with van der Waals surface area (Å²) in [6.45, 7) is 7.13. The van der Waals surface area contributed by atoms with Gasteiger partial charge in [0.05, 0.1) is 11.5 Å². The lowest BCUT2D eigenvalue weighted by Gasteiger charge is -2.29. The Kier molecular flexibility index (Phi) is 4.52. The van der Waals surface area contributed by atoms with Gasteiger partial charge in [-0.25, -0.2) is 8.42 Å². The molecule has 7 heteroatoms. The van der Waals surface area contributed by atoms with Gasteiger partial charge in [0.25, 0.3) is 0 Å². The Hall–Kier alpha value is -2.25. The van der Waals surface area contributed by atoms with Crippen LogP contribution in [0.5, 0.6) is 17.2 Å². The van der Waals surface area contributed by atoms with E-state index in [0.717, 1.165) is 28.2 Å². The van der Waals surface area contributed by atoms with Crippen LogP contribution in [0.1, 0.15) is 29.2 Å². The van der Waals surface area contributed by atoms with E-state index in [-0.39, 0.29) is 6.79 Å². The van der Waals surface area contributed by atoms with Crippen molar-refractivity contribution in [3.05, 3.63) is 46.5 Å². The van der Waals surface area contributed by atoms with Crippen molar-refractivity contribution >= 4 is 10.0 Å². The first-order chi connectivity index (χ1) is 12.9. The molecule has 144 valence electrons. The summed E-state index contributed by atoms with van der Waals surface area (Å²) in [6, 6.07) is 7.38. The Morgan fingerprint density at radius 3 is 2.44 bits per heavy atom. The van der Waals surface area contributed by atoms with Crippen LogP contribution in [-0.4, -0.2) is 32.7 Å². The average Bonchev–Trinajstić information content (AvgIpc) is 3.09. The van der Waals surface area contributed by atoms with Crippen LogP contribution in [0.15, 0.2) is 29.2 Å². The third-order valence-electron chi connectivity index (χ3n) is 5.06. The van der Waals surface area contributed by atoms with E-state index in [1.54, 1.807) is 10.4 Å². The molecule has 0 unspecified atom stereocenters. The maximum atomic E-state index is 13.3. The molecule has 0 N–H and O–H groups in total. The summed E-state index contributed by atoms with van der Waals surface area (Å²) in [5.41, 5.74) is 3.60. The van der Waals surface area contributed by atoms with Gasteiger partial charge in [-0.2, -0.15) is 4.31 Å².